The Morgan fingerprint density at radius 2 is 1.93 bits per heavy atom. The molecule has 1 aromatic carbocycles. The summed E-state index contributed by atoms with van der Waals surface area (Å²) < 4.78 is 5.63. The Balaban J connectivity index is 1.45. The van der Waals surface area contributed by atoms with Gasteiger partial charge in [-0.1, -0.05) is 29.8 Å². The van der Waals surface area contributed by atoms with Crippen LogP contribution in [0.3, 0.4) is 0 Å². The zero-order valence-electron chi connectivity index (χ0n) is 16.7. The second-order valence-corrected chi connectivity index (χ2v) is 8.82. The minimum atomic E-state index is 0.607. The monoisotopic (exact) mass is 419 g/mol. The number of halogens is 1. The molecule has 2 atom stereocenters. The van der Waals surface area contributed by atoms with Crippen molar-refractivity contribution in [3.05, 3.63) is 63.9 Å². The fourth-order valence-electron chi connectivity index (χ4n) is 4.74. The largest absolute Gasteiger partial charge is 0.381 e. The second-order valence-electron chi connectivity index (χ2n) is 8.41. The van der Waals surface area contributed by atoms with Gasteiger partial charge in [0.2, 0.25) is 0 Å². The van der Waals surface area contributed by atoms with Crippen LogP contribution in [0.1, 0.15) is 18.1 Å². The summed E-state index contributed by atoms with van der Waals surface area (Å²) in [6.45, 7) is 6.45. The molecule has 0 amide bonds. The zero-order valence-corrected chi connectivity index (χ0v) is 17.5. The van der Waals surface area contributed by atoms with Crippen molar-refractivity contribution in [2.24, 2.45) is 21.8 Å². The summed E-state index contributed by atoms with van der Waals surface area (Å²) in [6, 6.07) is 9.95. The van der Waals surface area contributed by atoms with Crippen LogP contribution in [0.25, 0.3) is 0 Å². The molecule has 1 N–H and O–H groups in total. The molecular weight excluding hydrogens is 398 g/mol. The first-order valence-electron chi connectivity index (χ1n) is 10.4. The number of benzene rings is 1. The molecule has 0 spiro atoms. The van der Waals surface area contributed by atoms with Gasteiger partial charge in [-0.15, -0.1) is 0 Å². The standard InChI is InChI=1S/C23H22ClN5O/c1-13-7-26-23-21(13)28-22(16-4-2-3-5-18(16)24)17-8-25-20(6-19(17)27-23)29-9-14-11-30-12-15(14)10-29/h2-6,8,14-15H,7,9-12H2,1H3,(H,26,27). The first kappa shape index (κ1) is 18.1. The van der Waals surface area contributed by atoms with E-state index in [2.05, 4.69) is 28.2 Å². The number of hydrogen-bond acceptors (Lipinski definition) is 6. The van der Waals surface area contributed by atoms with Gasteiger partial charge < -0.3 is 15.0 Å². The number of amidine groups is 1. The average Bonchev–Trinajstić information content (AvgIpc) is 3.41. The SMILES string of the molecule is CC1=C2N=C(c3ccccc3Cl)c3cnc(N4CC5COCC5C4)cc3NC2=NC1. The minimum absolute atomic E-state index is 0.607. The van der Waals surface area contributed by atoms with Crippen LogP contribution in [0, 0.1) is 11.8 Å². The molecule has 0 bridgehead atoms. The van der Waals surface area contributed by atoms with Gasteiger partial charge in [-0.25, -0.2) is 9.98 Å². The van der Waals surface area contributed by atoms with E-state index in [0.29, 0.717) is 23.4 Å². The van der Waals surface area contributed by atoms with Crippen molar-refractivity contribution in [3.8, 4) is 0 Å². The lowest BCUT2D eigenvalue weighted by Gasteiger charge is -2.20. The number of ether oxygens (including phenoxy) is 1. The van der Waals surface area contributed by atoms with E-state index in [4.69, 9.17) is 26.3 Å². The Labute approximate surface area is 180 Å². The fourth-order valence-corrected chi connectivity index (χ4v) is 4.96. The molecule has 0 saturated carbocycles. The second kappa shape index (κ2) is 6.93. The third-order valence-corrected chi connectivity index (χ3v) is 6.75. The first-order valence-corrected chi connectivity index (χ1v) is 10.7. The van der Waals surface area contributed by atoms with E-state index in [1.54, 1.807) is 0 Å². The van der Waals surface area contributed by atoms with E-state index >= 15 is 0 Å². The maximum atomic E-state index is 6.56. The Hall–Kier alpha value is -2.70. The molecule has 152 valence electrons. The van der Waals surface area contributed by atoms with Crippen molar-refractivity contribution < 1.29 is 4.74 Å². The van der Waals surface area contributed by atoms with Crippen molar-refractivity contribution >= 4 is 34.7 Å². The van der Waals surface area contributed by atoms with Crippen LogP contribution < -0.4 is 10.2 Å². The number of pyridine rings is 1. The van der Waals surface area contributed by atoms with Gasteiger partial charge in [-0.3, -0.25) is 4.99 Å². The van der Waals surface area contributed by atoms with Gasteiger partial charge in [0.05, 0.1) is 31.2 Å². The number of hydrogen-bond donors (Lipinski definition) is 1. The van der Waals surface area contributed by atoms with Crippen LogP contribution in [0.5, 0.6) is 0 Å². The molecule has 1 aromatic heterocycles. The van der Waals surface area contributed by atoms with Crippen LogP contribution in [-0.2, 0) is 4.74 Å². The third-order valence-electron chi connectivity index (χ3n) is 6.42. The zero-order chi connectivity index (χ0) is 20.2. The Morgan fingerprint density at radius 3 is 2.73 bits per heavy atom. The highest BCUT2D eigenvalue weighted by molar-refractivity contribution is 6.36. The summed E-state index contributed by atoms with van der Waals surface area (Å²) in [4.78, 5) is 16.9. The number of aliphatic imine (C=N–C) groups is 2. The molecule has 30 heavy (non-hydrogen) atoms. The highest BCUT2D eigenvalue weighted by Crippen LogP contribution is 2.36. The number of aromatic nitrogens is 1. The summed E-state index contributed by atoms with van der Waals surface area (Å²) in [5.74, 6) is 3.02. The minimum Gasteiger partial charge on any atom is -0.381 e. The number of rotatable bonds is 2. The van der Waals surface area contributed by atoms with E-state index in [9.17, 15) is 0 Å². The molecule has 5 heterocycles. The molecule has 6 nitrogen and oxygen atoms in total. The van der Waals surface area contributed by atoms with Crippen LogP contribution >= 0.6 is 11.6 Å². The predicted octanol–water partition coefficient (Wildman–Crippen LogP) is 3.77. The van der Waals surface area contributed by atoms with Crippen LogP contribution in [0.2, 0.25) is 5.02 Å². The molecule has 0 radical (unpaired) electrons. The summed E-state index contributed by atoms with van der Waals surface area (Å²) in [7, 11) is 0. The maximum absolute atomic E-state index is 6.56. The van der Waals surface area contributed by atoms with E-state index in [1.807, 2.05) is 30.5 Å². The first-order chi connectivity index (χ1) is 14.7. The van der Waals surface area contributed by atoms with E-state index < -0.39 is 0 Å². The predicted molar refractivity (Wildman–Crippen MR) is 120 cm³/mol. The van der Waals surface area contributed by atoms with Gasteiger partial charge in [0.1, 0.15) is 11.5 Å². The fraction of sp³-hybridized carbons (Fsp3) is 0.348. The molecule has 0 aliphatic carbocycles. The van der Waals surface area contributed by atoms with Crippen molar-refractivity contribution in [2.45, 2.75) is 6.92 Å². The molecule has 2 unspecified atom stereocenters. The molecule has 6 rings (SSSR count). The molecule has 2 fully saturated rings. The topological polar surface area (TPSA) is 62.1 Å². The summed E-state index contributed by atoms with van der Waals surface area (Å²) in [5, 5.41) is 4.20. The molecule has 2 saturated heterocycles. The highest BCUT2D eigenvalue weighted by atomic mass is 35.5. The van der Waals surface area contributed by atoms with Gasteiger partial charge >= 0.3 is 0 Å². The van der Waals surface area contributed by atoms with Crippen LogP contribution in [0.15, 0.2) is 57.8 Å². The van der Waals surface area contributed by atoms with Crippen LogP contribution in [0.4, 0.5) is 11.5 Å². The van der Waals surface area contributed by atoms with Crippen LogP contribution in [-0.4, -0.2) is 49.4 Å². The molecule has 7 heteroatoms. The normalized spacial score (nSPS) is 24.7. The van der Waals surface area contributed by atoms with E-state index in [-0.39, 0.29) is 0 Å². The lowest BCUT2D eigenvalue weighted by atomic mass is 10.0. The van der Waals surface area contributed by atoms with Crippen molar-refractivity contribution in [1.29, 1.82) is 0 Å². The summed E-state index contributed by atoms with van der Waals surface area (Å²) >= 11 is 6.56. The quantitative estimate of drug-likeness (QED) is 0.804. The maximum Gasteiger partial charge on any atom is 0.152 e. The van der Waals surface area contributed by atoms with Crippen molar-refractivity contribution in [3.63, 3.8) is 0 Å². The number of nitrogens with zero attached hydrogens (tertiary/aromatic N) is 4. The van der Waals surface area contributed by atoms with E-state index in [1.165, 1.54) is 0 Å². The van der Waals surface area contributed by atoms with Crippen molar-refractivity contribution in [2.75, 3.05) is 43.1 Å². The highest BCUT2D eigenvalue weighted by Gasteiger charge is 2.38. The lowest BCUT2D eigenvalue weighted by molar-refractivity contribution is 0.177. The Bertz CT molecular complexity index is 1130. The lowest BCUT2D eigenvalue weighted by Crippen LogP contribution is -2.24. The summed E-state index contributed by atoms with van der Waals surface area (Å²) in [5.41, 5.74) is 5.68. The van der Waals surface area contributed by atoms with E-state index in [0.717, 1.165) is 71.8 Å². The third kappa shape index (κ3) is 2.86. The van der Waals surface area contributed by atoms with Gasteiger partial charge in [-0.05, 0) is 18.6 Å². The van der Waals surface area contributed by atoms with Gasteiger partial charge in [0.25, 0.3) is 0 Å². The van der Waals surface area contributed by atoms with Gasteiger partial charge in [0.15, 0.2) is 5.84 Å². The van der Waals surface area contributed by atoms with Gasteiger partial charge in [0, 0.05) is 53.3 Å². The number of nitrogens with one attached hydrogen (secondary N) is 1. The Kier molecular flexibility index (Phi) is 4.18. The van der Waals surface area contributed by atoms with Gasteiger partial charge in [-0.2, -0.15) is 0 Å². The molecule has 4 aliphatic heterocycles. The number of fused-ring (bicyclic) bond motifs is 3. The molecule has 2 aromatic rings. The Morgan fingerprint density at radius 1 is 1.13 bits per heavy atom. The molecular formula is C23H22ClN5O. The van der Waals surface area contributed by atoms with Crippen molar-refractivity contribution in [1.82, 2.24) is 4.98 Å². The molecule has 4 aliphatic rings. The summed E-state index contributed by atoms with van der Waals surface area (Å²) in [6.07, 6.45) is 1.92. The average molecular weight is 420 g/mol. The number of anilines is 2. The smallest absolute Gasteiger partial charge is 0.152 e.